The molecule has 1 saturated carbocycles. The van der Waals surface area contributed by atoms with Crippen molar-refractivity contribution in [2.75, 3.05) is 6.61 Å². The van der Waals surface area contributed by atoms with Crippen molar-refractivity contribution in [3.63, 3.8) is 0 Å². The lowest BCUT2D eigenvalue weighted by Crippen LogP contribution is -2.34. The van der Waals surface area contributed by atoms with Gasteiger partial charge in [0.2, 0.25) is 0 Å². The molecule has 3 nitrogen and oxygen atoms in total. The van der Waals surface area contributed by atoms with Crippen LogP contribution in [0.4, 0.5) is 4.39 Å². The molecule has 1 unspecified atom stereocenters. The SMILES string of the molecule is CCOC(C(=O)c1cncc(F)c1)C1CCCCC1. The topological polar surface area (TPSA) is 39.2 Å². The van der Waals surface area contributed by atoms with Crippen molar-refractivity contribution in [1.82, 2.24) is 4.98 Å². The van der Waals surface area contributed by atoms with Crippen LogP contribution in [0.5, 0.6) is 0 Å². The Hall–Kier alpha value is -1.29. The van der Waals surface area contributed by atoms with Gasteiger partial charge in [0.1, 0.15) is 11.9 Å². The highest BCUT2D eigenvalue weighted by Crippen LogP contribution is 2.29. The molecule has 0 bridgehead atoms. The van der Waals surface area contributed by atoms with E-state index in [1.165, 1.54) is 18.7 Å². The zero-order valence-corrected chi connectivity index (χ0v) is 11.3. The fourth-order valence-corrected chi connectivity index (χ4v) is 2.75. The van der Waals surface area contributed by atoms with Crippen molar-refractivity contribution in [2.24, 2.45) is 5.92 Å². The minimum Gasteiger partial charge on any atom is -0.370 e. The number of nitrogens with zero attached hydrogens (tertiary/aromatic N) is 1. The molecule has 1 atom stereocenters. The Kier molecular flexibility index (Phi) is 5.02. The maximum Gasteiger partial charge on any atom is 0.193 e. The number of pyridine rings is 1. The highest BCUT2D eigenvalue weighted by atomic mass is 19.1. The van der Waals surface area contributed by atoms with Gasteiger partial charge in [-0.05, 0) is 31.7 Å². The van der Waals surface area contributed by atoms with Crippen LogP contribution in [0.15, 0.2) is 18.5 Å². The Morgan fingerprint density at radius 2 is 2.16 bits per heavy atom. The van der Waals surface area contributed by atoms with Crippen molar-refractivity contribution in [3.8, 4) is 0 Å². The third kappa shape index (κ3) is 3.60. The van der Waals surface area contributed by atoms with Gasteiger partial charge in [0.25, 0.3) is 0 Å². The van der Waals surface area contributed by atoms with Gasteiger partial charge in [0.05, 0.1) is 6.20 Å². The third-order valence-corrected chi connectivity index (χ3v) is 3.67. The van der Waals surface area contributed by atoms with Crippen LogP contribution in [0.3, 0.4) is 0 Å². The van der Waals surface area contributed by atoms with Crippen molar-refractivity contribution in [3.05, 3.63) is 29.8 Å². The molecule has 19 heavy (non-hydrogen) atoms. The van der Waals surface area contributed by atoms with E-state index in [2.05, 4.69) is 4.98 Å². The molecule has 0 radical (unpaired) electrons. The molecular weight excluding hydrogens is 245 g/mol. The van der Waals surface area contributed by atoms with Gasteiger partial charge in [-0.3, -0.25) is 9.78 Å². The van der Waals surface area contributed by atoms with Crippen LogP contribution in [0.25, 0.3) is 0 Å². The Labute approximate surface area is 113 Å². The quantitative estimate of drug-likeness (QED) is 0.766. The molecule has 1 aliphatic carbocycles. The maximum absolute atomic E-state index is 13.2. The van der Waals surface area contributed by atoms with E-state index in [9.17, 15) is 9.18 Å². The summed E-state index contributed by atoms with van der Waals surface area (Å²) in [5.74, 6) is -0.366. The van der Waals surface area contributed by atoms with Crippen LogP contribution in [0, 0.1) is 11.7 Å². The predicted octanol–water partition coefficient (Wildman–Crippen LogP) is 3.39. The number of hydrogen-bond acceptors (Lipinski definition) is 3. The third-order valence-electron chi connectivity index (χ3n) is 3.67. The largest absolute Gasteiger partial charge is 0.370 e. The fraction of sp³-hybridized carbons (Fsp3) is 0.600. The van der Waals surface area contributed by atoms with Gasteiger partial charge < -0.3 is 4.74 Å². The summed E-state index contributed by atoms with van der Waals surface area (Å²) in [6.07, 6.45) is 7.61. The van der Waals surface area contributed by atoms with E-state index in [0.717, 1.165) is 31.9 Å². The predicted molar refractivity (Wildman–Crippen MR) is 70.5 cm³/mol. The Balaban J connectivity index is 2.15. The first-order valence-electron chi connectivity index (χ1n) is 6.98. The first kappa shape index (κ1) is 14.1. The summed E-state index contributed by atoms with van der Waals surface area (Å²) in [5.41, 5.74) is 0.309. The second-order valence-corrected chi connectivity index (χ2v) is 5.03. The van der Waals surface area contributed by atoms with Crippen LogP contribution in [-0.4, -0.2) is 23.5 Å². The Bertz CT molecular complexity index is 430. The average molecular weight is 265 g/mol. The van der Waals surface area contributed by atoms with E-state index in [1.807, 2.05) is 6.92 Å². The minimum absolute atomic E-state index is 0.138. The number of carbonyl (C=O) groups excluding carboxylic acids is 1. The molecule has 1 aliphatic rings. The van der Waals surface area contributed by atoms with E-state index >= 15 is 0 Å². The normalized spacial score (nSPS) is 18.2. The van der Waals surface area contributed by atoms with Crippen molar-refractivity contribution in [2.45, 2.75) is 45.1 Å². The van der Waals surface area contributed by atoms with E-state index in [-0.39, 0.29) is 11.7 Å². The van der Waals surface area contributed by atoms with Crippen LogP contribution in [0.1, 0.15) is 49.4 Å². The lowest BCUT2D eigenvalue weighted by Gasteiger charge is -2.29. The van der Waals surface area contributed by atoms with Gasteiger partial charge in [-0.15, -0.1) is 0 Å². The van der Waals surface area contributed by atoms with Gasteiger partial charge in [0, 0.05) is 18.4 Å². The smallest absolute Gasteiger partial charge is 0.193 e. The highest BCUT2D eigenvalue weighted by molar-refractivity contribution is 5.99. The van der Waals surface area contributed by atoms with Crippen molar-refractivity contribution >= 4 is 5.78 Å². The Morgan fingerprint density at radius 3 is 2.79 bits per heavy atom. The maximum atomic E-state index is 13.2. The molecule has 0 spiro atoms. The second-order valence-electron chi connectivity index (χ2n) is 5.03. The first-order chi connectivity index (χ1) is 9.22. The molecule has 0 amide bonds. The monoisotopic (exact) mass is 265 g/mol. The van der Waals surface area contributed by atoms with Gasteiger partial charge in [0.15, 0.2) is 5.78 Å². The fourth-order valence-electron chi connectivity index (χ4n) is 2.75. The number of Topliss-reactive ketones (excluding diaryl/α,β-unsaturated/α-hetero) is 1. The molecule has 1 heterocycles. The summed E-state index contributed by atoms with van der Waals surface area (Å²) in [6, 6.07) is 1.24. The standard InChI is InChI=1S/C15H20FNO2/c1-2-19-15(11-6-4-3-5-7-11)14(18)12-8-13(16)10-17-9-12/h8-11,15H,2-7H2,1H3. The highest BCUT2D eigenvalue weighted by Gasteiger charge is 2.30. The molecule has 4 heteroatoms. The summed E-state index contributed by atoms with van der Waals surface area (Å²) < 4.78 is 18.8. The van der Waals surface area contributed by atoms with Gasteiger partial charge in [-0.2, -0.15) is 0 Å². The van der Waals surface area contributed by atoms with Crippen LogP contribution in [0.2, 0.25) is 0 Å². The number of ketones is 1. The van der Waals surface area contributed by atoms with E-state index in [4.69, 9.17) is 4.74 Å². The van der Waals surface area contributed by atoms with Gasteiger partial charge in [-0.1, -0.05) is 19.3 Å². The number of carbonyl (C=O) groups is 1. The van der Waals surface area contributed by atoms with E-state index in [1.54, 1.807) is 0 Å². The van der Waals surface area contributed by atoms with Gasteiger partial charge >= 0.3 is 0 Å². The minimum atomic E-state index is -0.482. The van der Waals surface area contributed by atoms with Crippen LogP contribution in [-0.2, 0) is 4.74 Å². The number of halogens is 1. The van der Waals surface area contributed by atoms with Gasteiger partial charge in [-0.25, -0.2) is 4.39 Å². The molecule has 0 aliphatic heterocycles. The number of rotatable bonds is 5. The molecule has 0 saturated heterocycles. The van der Waals surface area contributed by atoms with Crippen LogP contribution >= 0.6 is 0 Å². The lowest BCUT2D eigenvalue weighted by atomic mass is 9.82. The molecule has 0 aromatic carbocycles. The second kappa shape index (κ2) is 6.75. The summed E-state index contributed by atoms with van der Waals surface area (Å²) >= 11 is 0. The summed E-state index contributed by atoms with van der Waals surface area (Å²) in [7, 11) is 0. The number of ether oxygens (including phenoxy) is 1. The Morgan fingerprint density at radius 1 is 1.42 bits per heavy atom. The molecule has 104 valence electrons. The molecule has 1 fully saturated rings. The molecule has 1 aromatic rings. The van der Waals surface area contributed by atoms with Crippen molar-refractivity contribution < 1.29 is 13.9 Å². The number of aromatic nitrogens is 1. The summed E-state index contributed by atoms with van der Waals surface area (Å²) in [5, 5.41) is 0. The first-order valence-corrected chi connectivity index (χ1v) is 6.98. The summed E-state index contributed by atoms with van der Waals surface area (Å²) in [4.78, 5) is 16.2. The zero-order valence-electron chi connectivity index (χ0n) is 11.3. The zero-order chi connectivity index (χ0) is 13.7. The average Bonchev–Trinajstić information content (AvgIpc) is 2.45. The number of hydrogen-bond donors (Lipinski definition) is 0. The molecule has 1 aromatic heterocycles. The van der Waals surface area contributed by atoms with Crippen LogP contribution < -0.4 is 0 Å². The van der Waals surface area contributed by atoms with Crippen molar-refractivity contribution in [1.29, 1.82) is 0 Å². The molecular formula is C15H20FNO2. The van der Waals surface area contributed by atoms with E-state index in [0.29, 0.717) is 12.2 Å². The lowest BCUT2D eigenvalue weighted by molar-refractivity contribution is 0.0126. The molecule has 2 rings (SSSR count). The summed E-state index contributed by atoms with van der Waals surface area (Å²) in [6.45, 7) is 2.38. The van der Waals surface area contributed by atoms with E-state index < -0.39 is 11.9 Å². The molecule has 0 N–H and O–H groups in total.